The Hall–Kier alpha value is -0.120. The van der Waals surface area contributed by atoms with Gasteiger partial charge in [-0.1, -0.05) is 12.8 Å². The zero-order chi connectivity index (χ0) is 9.80. The van der Waals surface area contributed by atoms with Crippen LogP contribution in [0.15, 0.2) is 0 Å². The summed E-state index contributed by atoms with van der Waals surface area (Å²) in [4.78, 5) is 0. The Bertz CT molecular complexity index is 162. The van der Waals surface area contributed by atoms with Gasteiger partial charge in [-0.25, -0.2) is 0 Å². The number of aliphatic hydroxyl groups is 1. The van der Waals surface area contributed by atoms with E-state index in [1.54, 1.807) is 0 Å². The second-order valence-corrected chi connectivity index (χ2v) is 4.50. The molecule has 2 unspecified atom stereocenters. The molecule has 3 nitrogen and oxygen atoms in total. The maximum Gasteiger partial charge on any atom is 0.0824 e. The third-order valence-electron chi connectivity index (χ3n) is 3.17. The van der Waals surface area contributed by atoms with Gasteiger partial charge in [0.25, 0.3) is 0 Å². The first kappa shape index (κ1) is 10.4. The van der Waals surface area contributed by atoms with Crippen molar-refractivity contribution < 1.29 is 14.6 Å². The van der Waals surface area contributed by atoms with E-state index in [2.05, 4.69) is 0 Å². The van der Waals surface area contributed by atoms with Gasteiger partial charge in [-0.2, -0.15) is 0 Å². The van der Waals surface area contributed by atoms with E-state index in [4.69, 9.17) is 9.47 Å². The average molecular weight is 200 g/mol. The van der Waals surface area contributed by atoms with E-state index in [1.165, 1.54) is 19.3 Å². The van der Waals surface area contributed by atoms with E-state index in [0.717, 1.165) is 25.6 Å². The van der Waals surface area contributed by atoms with Gasteiger partial charge in [0.15, 0.2) is 0 Å². The summed E-state index contributed by atoms with van der Waals surface area (Å²) in [6.07, 6.45) is 4.59. The fraction of sp³-hybridized carbons (Fsp3) is 1.00. The van der Waals surface area contributed by atoms with Crippen LogP contribution in [0.4, 0.5) is 0 Å². The van der Waals surface area contributed by atoms with E-state index < -0.39 is 0 Å². The van der Waals surface area contributed by atoms with Crippen LogP contribution in [0.3, 0.4) is 0 Å². The van der Waals surface area contributed by atoms with Crippen LogP contribution in [0.5, 0.6) is 0 Å². The van der Waals surface area contributed by atoms with Crippen molar-refractivity contribution in [2.45, 2.75) is 31.8 Å². The minimum absolute atomic E-state index is 0.302. The van der Waals surface area contributed by atoms with Crippen molar-refractivity contribution in [1.29, 1.82) is 0 Å². The Morgan fingerprint density at radius 2 is 2.21 bits per heavy atom. The van der Waals surface area contributed by atoms with E-state index in [9.17, 15) is 5.11 Å². The van der Waals surface area contributed by atoms with E-state index >= 15 is 0 Å². The van der Waals surface area contributed by atoms with Gasteiger partial charge < -0.3 is 14.6 Å². The molecule has 0 aromatic heterocycles. The molecule has 1 aliphatic carbocycles. The highest BCUT2D eigenvalue weighted by atomic mass is 16.5. The largest absolute Gasteiger partial charge is 0.390 e. The van der Waals surface area contributed by atoms with Crippen molar-refractivity contribution in [3.63, 3.8) is 0 Å². The van der Waals surface area contributed by atoms with Crippen LogP contribution in [0.25, 0.3) is 0 Å². The van der Waals surface area contributed by atoms with Crippen molar-refractivity contribution in [2.75, 3.05) is 26.4 Å². The Kier molecular flexibility index (Phi) is 3.79. The van der Waals surface area contributed by atoms with Gasteiger partial charge in [0, 0.05) is 19.1 Å². The summed E-state index contributed by atoms with van der Waals surface area (Å²) in [6, 6.07) is 0. The summed E-state index contributed by atoms with van der Waals surface area (Å²) < 4.78 is 10.7. The molecule has 0 aromatic carbocycles. The van der Waals surface area contributed by atoms with Gasteiger partial charge in [-0.15, -0.1) is 0 Å². The third kappa shape index (κ3) is 3.23. The van der Waals surface area contributed by atoms with Gasteiger partial charge in [0.2, 0.25) is 0 Å². The average Bonchev–Trinajstić information content (AvgIpc) is 2.84. The molecule has 0 spiro atoms. The molecule has 0 bridgehead atoms. The van der Waals surface area contributed by atoms with Crippen molar-refractivity contribution in [3.05, 3.63) is 0 Å². The molecular weight excluding hydrogens is 180 g/mol. The first-order chi connectivity index (χ1) is 6.86. The quantitative estimate of drug-likeness (QED) is 0.655. The molecule has 1 N–H and O–H groups in total. The Morgan fingerprint density at radius 3 is 2.86 bits per heavy atom. The summed E-state index contributed by atoms with van der Waals surface area (Å²) in [5.41, 5.74) is 0. The van der Waals surface area contributed by atoms with Crippen LogP contribution >= 0.6 is 0 Å². The van der Waals surface area contributed by atoms with Gasteiger partial charge in [-0.05, 0) is 18.8 Å². The summed E-state index contributed by atoms with van der Waals surface area (Å²) in [7, 11) is 0. The fourth-order valence-corrected chi connectivity index (χ4v) is 1.85. The second-order valence-electron chi connectivity index (χ2n) is 4.50. The smallest absolute Gasteiger partial charge is 0.0824 e. The number of hydrogen-bond acceptors (Lipinski definition) is 3. The minimum atomic E-state index is -0.322. The van der Waals surface area contributed by atoms with Gasteiger partial charge >= 0.3 is 0 Å². The highest BCUT2D eigenvalue weighted by molar-refractivity contribution is 4.74. The number of aliphatic hydroxyl groups excluding tert-OH is 1. The number of ether oxygens (including phenoxy) is 2. The van der Waals surface area contributed by atoms with Crippen molar-refractivity contribution in [2.24, 2.45) is 11.8 Å². The summed E-state index contributed by atoms with van der Waals surface area (Å²) in [6.45, 7) is 2.80. The van der Waals surface area contributed by atoms with Crippen LogP contribution < -0.4 is 0 Å². The lowest BCUT2D eigenvalue weighted by Gasteiger charge is -2.16. The molecule has 0 amide bonds. The molecule has 1 heterocycles. The number of rotatable bonds is 6. The van der Waals surface area contributed by atoms with E-state index in [-0.39, 0.29) is 6.10 Å². The lowest BCUT2D eigenvalue weighted by molar-refractivity contribution is 0.000597. The summed E-state index contributed by atoms with van der Waals surface area (Å²) >= 11 is 0. The highest BCUT2D eigenvalue weighted by Gasteiger charge is 2.24. The topological polar surface area (TPSA) is 38.7 Å². The lowest BCUT2D eigenvalue weighted by Crippen LogP contribution is -2.26. The van der Waals surface area contributed by atoms with Crippen LogP contribution in [-0.4, -0.2) is 37.6 Å². The molecule has 82 valence electrons. The SMILES string of the molecule is OC(COCCC1CC1)C1CCOC1. The molecule has 2 atom stereocenters. The van der Waals surface area contributed by atoms with Gasteiger partial charge in [0.1, 0.15) is 0 Å². The highest BCUT2D eigenvalue weighted by Crippen LogP contribution is 2.32. The standard InChI is InChI=1S/C11H20O3/c12-11(10-4-6-13-7-10)8-14-5-3-9-1-2-9/h9-12H,1-8H2. The molecule has 1 saturated heterocycles. The van der Waals surface area contributed by atoms with Crippen molar-refractivity contribution in [1.82, 2.24) is 0 Å². The molecular formula is C11H20O3. The Balaban J connectivity index is 1.50. The minimum Gasteiger partial charge on any atom is -0.390 e. The monoisotopic (exact) mass is 200 g/mol. The maximum absolute atomic E-state index is 9.72. The first-order valence-electron chi connectivity index (χ1n) is 5.70. The van der Waals surface area contributed by atoms with E-state index in [0.29, 0.717) is 19.1 Å². The fourth-order valence-electron chi connectivity index (χ4n) is 1.85. The molecule has 2 fully saturated rings. The maximum atomic E-state index is 9.72. The predicted octanol–water partition coefficient (Wildman–Crippen LogP) is 1.20. The van der Waals surface area contributed by atoms with Gasteiger partial charge in [-0.3, -0.25) is 0 Å². The van der Waals surface area contributed by atoms with Gasteiger partial charge in [0.05, 0.1) is 19.3 Å². The van der Waals surface area contributed by atoms with E-state index in [1.807, 2.05) is 0 Å². The number of hydrogen-bond donors (Lipinski definition) is 1. The Morgan fingerprint density at radius 1 is 1.36 bits per heavy atom. The molecule has 2 aliphatic rings. The Labute approximate surface area is 85.4 Å². The van der Waals surface area contributed by atoms with Crippen molar-refractivity contribution >= 4 is 0 Å². The zero-order valence-electron chi connectivity index (χ0n) is 8.65. The van der Waals surface area contributed by atoms with Crippen LogP contribution in [0, 0.1) is 11.8 Å². The normalized spacial score (nSPS) is 29.4. The van der Waals surface area contributed by atoms with Crippen LogP contribution in [-0.2, 0) is 9.47 Å². The third-order valence-corrected chi connectivity index (χ3v) is 3.17. The molecule has 2 rings (SSSR count). The molecule has 3 heteroatoms. The summed E-state index contributed by atoms with van der Waals surface area (Å²) in [5, 5.41) is 9.72. The zero-order valence-corrected chi connectivity index (χ0v) is 8.65. The molecule has 0 radical (unpaired) electrons. The predicted molar refractivity (Wildman–Crippen MR) is 53.1 cm³/mol. The summed E-state index contributed by atoms with van der Waals surface area (Å²) in [5.74, 6) is 1.22. The lowest BCUT2D eigenvalue weighted by atomic mass is 10.0. The van der Waals surface area contributed by atoms with Crippen molar-refractivity contribution in [3.8, 4) is 0 Å². The first-order valence-corrected chi connectivity index (χ1v) is 5.70. The molecule has 14 heavy (non-hydrogen) atoms. The van der Waals surface area contributed by atoms with Crippen LogP contribution in [0.1, 0.15) is 25.7 Å². The second kappa shape index (κ2) is 5.10. The molecule has 1 aliphatic heterocycles. The molecule has 0 aromatic rings. The molecule has 1 saturated carbocycles. The van der Waals surface area contributed by atoms with Crippen LogP contribution in [0.2, 0.25) is 0 Å².